The van der Waals surface area contributed by atoms with Gasteiger partial charge in [0.15, 0.2) is 0 Å². The number of aromatic nitrogens is 2. The summed E-state index contributed by atoms with van der Waals surface area (Å²) < 4.78 is 35.7. The van der Waals surface area contributed by atoms with Crippen LogP contribution in [-0.2, 0) is 18.9 Å². The summed E-state index contributed by atoms with van der Waals surface area (Å²) in [4.78, 5) is 26.0. The lowest BCUT2D eigenvalue weighted by atomic mass is 10.1. The molecule has 1 aromatic carbocycles. The number of aryl methyl sites for hydroxylation is 1. The van der Waals surface area contributed by atoms with E-state index in [1.807, 2.05) is 37.3 Å². The number of rotatable bonds is 14. The zero-order valence-corrected chi connectivity index (χ0v) is 30.9. The molecule has 3 N–H and O–H groups in total. The molecule has 0 radical (unpaired) electrons. The Labute approximate surface area is 281 Å². The van der Waals surface area contributed by atoms with Crippen molar-refractivity contribution in [3.8, 4) is 0 Å². The van der Waals surface area contributed by atoms with Crippen molar-refractivity contribution in [3.05, 3.63) is 63.2 Å². The fourth-order valence-electron chi connectivity index (χ4n) is 6.65. The lowest BCUT2D eigenvalue weighted by Crippen LogP contribution is -2.51. The van der Waals surface area contributed by atoms with Crippen LogP contribution in [0.15, 0.2) is 52.6 Å². The lowest BCUT2D eigenvalue weighted by Gasteiger charge is -2.45. The quantitative estimate of drug-likeness (QED) is 0.127. The van der Waals surface area contributed by atoms with Crippen molar-refractivity contribution in [2.75, 3.05) is 11.9 Å². The Morgan fingerprint density at radius 2 is 1.84 bits per heavy atom. The molecule has 0 saturated heterocycles. The van der Waals surface area contributed by atoms with E-state index in [0.29, 0.717) is 50.7 Å². The smallest absolute Gasteiger partial charge is 0.333 e. The second-order valence-electron chi connectivity index (χ2n) is 12.5. The van der Waals surface area contributed by atoms with Crippen LogP contribution in [0, 0.1) is 12.8 Å². The van der Waals surface area contributed by atoms with E-state index in [0.717, 1.165) is 14.7 Å². The molecule has 45 heavy (non-hydrogen) atoms. The van der Waals surface area contributed by atoms with Gasteiger partial charge in [-0.2, -0.15) is 8.42 Å². The third-order valence-electron chi connectivity index (χ3n) is 8.56. The summed E-state index contributed by atoms with van der Waals surface area (Å²) in [6, 6.07) is 9.38. The molecule has 246 valence electrons. The third-order valence-corrected chi connectivity index (χ3v) is 17.7. The van der Waals surface area contributed by atoms with Crippen molar-refractivity contribution < 1.29 is 21.8 Å². The zero-order valence-electron chi connectivity index (χ0n) is 26.7. The Bertz CT molecular complexity index is 1580. The van der Waals surface area contributed by atoms with Crippen LogP contribution in [0.1, 0.15) is 74.5 Å². The van der Waals surface area contributed by atoms with Gasteiger partial charge in [0.05, 0.1) is 23.2 Å². The highest BCUT2D eigenvalue weighted by atomic mass is 35.5. The molecular weight excluding hydrogens is 668 g/mol. The predicted molar refractivity (Wildman–Crippen MR) is 185 cm³/mol. The van der Waals surface area contributed by atoms with Crippen molar-refractivity contribution in [3.63, 3.8) is 0 Å². The Morgan fingerprint density at radius 3 is 2.47 bits per heavy atom. The van der Waals surface area contributed by atoms with Crippen LogP contribution in [-0.4, -0.2) is 51.2 Å². The molecule has 2 heterocycles. The van der Waals surface area contributed by atoms with E-state index in [2.05, 4.69) is 56.8 Å². The van der Waals surface area contributed by atoms with Gasteiger partial charge < -0.3 is 9.74 Å². The van der Waals surface area contributed by atoms with Gasteiger partial charge in [0, 0.05) is 37.8 Å². The van der Waals surface area contributed by atoms with Crippen LogP contribution in [0.3, 0.4) is 0 Å². The zero-order chi connectivity index (χ0) is 33.1. The standard InChI is InChI=1S/C31H43ClN4O5S3Si/c1-18(2)45(19(3)4,20(5)6)41-27-13-24(11-22(27)16-40-44(33,38)39)36-31-26(15-34-17-35-31)30(37)29-14-28(21(7)42-29)43-25-10-8-9-23(32)12-25/h8-10,12,14-15,17-20,22,24,27H,11,13,16H2,1-7H3,(H2,33,38,39)(H,34,35,36)/t22?,24-,27?/m1/s1. The van der Waals surface area contributed by atoms with E-state index in [9.17, 15) is 13.2 Å². The van der Waals surface area contributed by atoms with Crippen LogP contribution in [0.5, 0.6) is 0 Å². The second kappa shape index (κ2) is 14.9. The second-order valence-corrected chi connectivity index (χ2v) is 22.0. The molecule has 0 bridgehead atoms. The SMILES string of the molecule is Cc1sc(C(=O)c2cncnc2N[C@@H]2CC(COS(N)(=O)=O)C(O[Si](C(C)C)(C(C)C)C(C)C)C2)cc1Sc1cccc(Cl)c1. The third kappa shape index (κ3) is 8.75. The predicted octanol–water partition coefficient (Wildman–Crippen LogP) is 7.85. The average Bonchev–Trinajstić information content (AvgIpc) is 3.51. The highest BCUT2D eigenvalue weighted by Gasteiger charge is 2.49. The summed E-state index contributed by atoms with van der Waals surface area (Å²) in [7, 11) is -6.40. The maximum absolute atomic E-state index is 13.8. The molecule has 1 fully saturated rings. The van der Waals surface area contributed by atoms with Crippen LogP contribution in [0.2, 0.25) is 21.6 Å². The maximum Gasteiger partial charge on any atom is 0.333 e. The summed E-state index contributed by atoms with van der Waals surface area (Å²) in [6.45, 7) is 15.2. The Kier molecular flexibility index (Phi) is 11.9. The topological polar surface area (TPSA) is 133 Å². The van der Waals surface area contributed by atoms with Crippen LogP contribution >= 0.6 is 34.7 Å². The van der Waals surface area contributed by atoms with Crippen molar-refractivity contribution in [1.29, 1.82) is 0 Å². The maximum atomic E-state index is 13.8. The molecule has 1 aliphatic carbocycles. The van der Waals surface area contributed by atoms with Gasteiger partial charge >= 0.3 is 10.3 Å². The fraction of sp³-hybridized carbons (Fsp3) is 0.516. The number of nitrogens with two attached hydrogens (primary N) is 1. The van der Waals surface area contributed by atoms with Gasteiger partial charge in [0.2, 0.25) is 14.1 Å². The van der Waals surface area contributed by atoms with Crippen LogP contribution in [0.25, 0.3) is 0 Å². The molecule has 3 atom stereocenters. The van der Waals surface area contributed by atoms with Gasteiger partial charge in [0.25, 0.3) is 0 Å². The van der Waals surface area contributed by atoms with E-state index < -0.39 is 18.6 Å². The normalized spacial score (nSPS) is 19.2. The number of thiophene rings is 1. The van der Waals surface area contributed by atoms with E-state index in [4.69, 9.17) is 25.3 Å². The number of halogens is 1. The van der Waals surface area contributed by atoms with Crippen molar-refractivity contribution >= 4 is 64.9 Å². The summed E-state index contributed by atoms with van der Waals surface area (Å²) in [5.74, 6) is 0.0489. The van der Waals surface area contributed by atoms with Gasteiger partial charge in [-0.1, -0.05) is 71.0 Å². The van der Waals surface area contributed by atoms with Crippen LogP contribution < -0.4 is 10.5 Å². The summed E-state index contributed by atoms with van der Waals surface area (Å²) in [6.07, 6.45) is 3.88. The molecule has 0 aliphatic heterocycles. The minimum Gasteiger partial charge on any atom is -0.413 e. The number of nitrogens with zero attached hydrogens (tertiary/aromatic N) is 2. The van der Waals surface area contributed by atoms with Gasteiger partial charge in [0.1, 0.15) is 12.1 Å². The highest BCUT2D eigenvalue weighted by molar-refractivity contribution is 7.99. The van der Waals surface area contributed by atoms with Gasteiger partial charge in [-0.3, -0.25) is 8.98 Å². The Balaban J connectivity index is 1.57. The van der Waals surface area contributed by atoms with Gasteiger partial charge in [-0.05, 0) is 60.7 Å². The largest absolute Gasteiger partial charge is 0.413 e. The summed E-state index contributed by atoms with van der Waals surface area (Å²) in [5, 5.41) is 9.33. The fourth-order valence-corrected chi connectivity index (χ4v) is 15.0. The minimum absolute atomic E-state index is 0.0719. The van der Waals surface area contributed by atoms with E-state index in [1.54, 1.807) is 11.8 Å². The number of benzene rings is 1. The minimum atomic E-state index is -4.11. The first-order valence-corrected chi connectivity index (χ1v) is 20.7. The van der Waals surface area contributed by atoms with Crippen molar-refractivity contribution in [2.45, 2.75) is 99.9 Å². The number of carbonyl (C=O) groups is 1. The highest BCUT2D eigenvalue weighted by Crippen LogP contribution is 2.46. The first-order valence-electron chi connectivity index (χ1n) is 15.1. The molecule has 9 nitrogen and oxygen atoms in total. The first kappa shape index (κ1) is 36.0. The number of nitrogens with one attached hydrogen (secondary N) is 1. The first-order chi connectivity index (χ1) is 21.1. The van der Waals surface area contributed by atoms with E-state index >= 15 is 0 Å². The molecule has 14 heteroatoms. The van der Waals surface area contributed by atoms with Crippen molar-refractivity contribution in [1.82, 2.24) is 9.97 Å². The number of hydrogen-bond donors (Lipinski definition) is 2. The molecule has 1 aliphatic rings. The van der Waals surface area contributed by atoms with E-state index in [1.165, 1.54) is 23.9 Å². The number of ketones is 1. The average molecular weight is 711 g/mol. The molecule has 1 saturated carbocycles. The molecule has 0 spiro atoms. The van der Waals surface area contributed by atoms with Gasteiger partial charge in [-0.25, -0.2) is 15.1 Å². The lowest BCUT2D eigenvalue weighted by molar-refractivity contribution is 0.103. The number of carbonyl (C=O) groups excluding carboxylic acids is 1. The monoisotopic (exact) mass is 710 g/mol. The molecule has 3 aromatic rings. The molecule has 4 rings (SSSR count). The number of anilines is 1. The van der Waals surface area contributed by atoms with Crippen molar-refractivity contribution in [2.24, 2.45) is 11.1 Å². The Morgan fingerprint density at radius 1 is 1.16 bits per heavy atom. The summed E-state index contributed by atoms with van der Waals surface area (Å²) >= 11 is 9.16. The molecular formula is C31H43ClN4O5S3Si. The molecule has 2 aromatic heterocycles. The molecule has 0 amide bonds. The number of hydrogen-bond acceptors (Lipinski definition) is 10. The summed E-state index contributed by atoms with van der Waals surface area (Å²) in [5.41, 5.74) is 1.43. The van der Waals surface area contributed by atoms with Crippen LogP contribution in [0.4, 0.5) is 5.82 Å². The molecule has 2 unspecified atom stereocenters. The van der Waals surface area contributed by atoms with Gasteiger partial charge in [-0.15, -0.1) is 11.3 Å². The Hall–Kier alpha value is -1.84. The van der Waals surface area contributed by atoms with E-state index in [-0.39, 0.29) is 30.5 Å².